The molecule has 0 atom stereocenters. The van der Waals surface area contributed by atoms with Crippen molar-refractivity contribution >= 4 is 35.0 Å². The van der Waals surface area contributed by atoms with Gasteiger partial charge in [-0.05, 0) is 74.2 Å². The first-order chi connectivity index (χ1) is 15.4. The van der Waals surface area contributed by atoms with E-state index >= 15 is 0 Å². The van der Waals surface area contributed by atoms with Crippen LogP contribution in [0.3, 0.4) is 0 Å². The van der Waals surface area contributed by atoms with Crippen LogP contribution in [0, 0.1) is 12.3 Å². The number of ether oxygens (including phenoxy) is 2. The van der Waals surface area contributed by atoms with Crippen LogP contribution in [-0.2, 0) is 9.59 Å². The summed E-state index contributed by atoms with van der Waals surface area (Å²) in [5, 5.41) is 7.07. The van der Waals surface area contributed by atoms with Crippen LogP contribution in [0.5, 0.6) is 11.5 Å². The van der Waals surface area contributed by atoms with Gasteiger partial charge in [0.2, 0.25) is 0 Å². The summed E-state index contributed by atoms with van der Waals surface area (Å²) >= 11 is 11.7. The Kier molecular flexibility index (Phi) is 8.26. The highest BCUT2D eigenvalue weighted by atomic mass is 35.5. The maximum Gasteiger partial charge on any atom is 0.259 e. The van der Waals surface area contributed by atoms with Gasteiger partial charge in [0.15, 0.2) is 13.2 Å². The van der Waals surface area contributed by atoms with Gasteiger partial charge in [-0.3, -0.25) is 9.59 Å². The molecule has 0 radical (unpaired) electrons. The predicted octanol–water partition coefficient (Wildman–Crippen LogP) is 4.00. The molecule has 3 rings (SSSR count). The number of amides is 2. The number of carbonyl (C=O) groups is 2. The van der Waals surface area contributed by atoms with E-state index in [1.165, 1.54) is 0 Å². The van der Waals surface area contributed by atoms with Crippen molar-refractivity contribution in [3.05, 3.63) is 58.6 Å². The number of halogens is 2. The summed E-state index contributed by atoms with van der Waals surface area (Å²) in [6, 6.07) is 13.5. The van der Waals surface area contributed by atoms with Gasteiger partial charge in [-0.25, -0.2) is 0 Å². The zero-order valence-corrected chi connectivity index (χ0v) is 18.9. The standard InChI is InChI=1S/C24H24Cl2N2O4/c1-2-24(28-23(30)16-32-21-9-5-18(26)6-10-21)13-11-19(12-14-24)27-22(29)15-31-20-7-3-17(25)4-8-20/h1,3-10,19H,11-16H2,(H,27,29)(H,28,30). The minimum atomic E-state index is -0.749. The second-order valence-electron chi connectivity index (χ2n) is 7.60. The van der Waals surface area contributed by atoms with Gasteiger partial charge in [-0.2, -0.15) is 0 Å². The quantitative estimate of drug-likeness (QED) is 0.566. The smallest absolute Gasteiger partial charge is 0.259 e. The van der Waals surface area contributed by atoms with Crippen LogP contribution >= 0.6 is 23.2 Å². The fourth-order valence-corrected chi connectivity index (χ4v) is 3.74. The van der Waals surface area contributed by atoms with Gasteiger partial charge in [0.1, 0.15) is 17.0 Å². The topological polar surface area (TPSA) is 76.7 Å². The number of benzene rings is 2. The van der Waals surface area contributed by atoms with E-state index in [0.29, 0.717) is 47.2 Å². The first kappa shape index (κ1) is 23.8. The van der Waals surface area contributed by atoms with Crippen LogP contribution < -0.4 is 20.1 Å². The predicted molar refractivity (Wildman–Crippen MR) is 124 cm³/mol. The van der Waals surface area contributed by atoms with Crippen LogP contribution in [0.2, 0.25) is 10.0 Å². The number of terminal acetylenes is 1. The van der Waals surface area contributed by atoms with E-state index in [-0.39, 0.29) is 31.1 Å². The summed E-state index contributed by atoms with van der Waals surface area (Å²) in [7, 11) is 0. The highest BCUT2D eigenvalue weighted by Crippen LogP contribution is 2.28. The Bertz CT molecular complexity index is 963. The van der Waals surface area contributed by atoms with Gasteiger partial charge >= 0.3 is 0 Å². The number of hydrogen-bond acceptors (Lipinski definition) is 4. The number of nitrogens with one attached hydrogen (secondary N) is 2. The third-order valence-electron chi connectivity index (χ3n) is 5.23. The van der Waals surface area contributed by atoms with E-state index in [2.05, 4.69) is 16.6 Å². The van der Waals surface area contributed by atoms with Crippen LogP contribution in [-0.4, -0.2) is 36.6 Å². The van der Waals surface area contributed by atoms with Crippen molar-refractivity contribution in [1.29, 1.82) is 0 Å². The molecule has 1 aliphatic rings. The number of hydrogen-bond donors (Lipinski definition) is 2. The number of carbonyl (C=O) groups excluding carboxylic acids is 2. The lowest BCUT2D eigenvalue weighted by molar-refractivity contribution is -0.126. The van der Waals surface area contributed by atoms with Crippen molar-refractivity contribution in [3.63, 3.8) is 0 Å². The monoisotopic (exact) mass is 474 g/mol. The van der Waals surface area contributed by atoms with Crippen molar-refractivity contribution in [3.8, 4) is 23.8 Å². The normalized spacial score (nSPS) is 20.0. The van der Waals surface area contributed by atoms with Gasteiger partial charge in [-0.1, -0.05) is 29.1 Å². The van der Waals surface area contributed by atoms with Gasteiger partial charge in [-0.15, -0.1) is 6.42 Å². The van der Waals surface area contributed by atoms with Crippen molar-refractivity contribution in [2.45, 2.75) is 37.3 Å². The molecule has 2 aromatic rings. The maximum absolute atomic E-state index is 12.4. The SMILES string of the molecule is C#CC1(NC(=O)COc2ccc(Cl)cc2)CCC(NC(=O)COc2ccc(Cl)cc2)CC1. The van der Waals surface area contributed by atoms with Crippen molar-refractivity contribution in [2.75, 3.05) is 13.2 Å². The summed E-state index contributed by atoms with van der Waals surface area (Å²) in [5.74, 6) is 3.34. The molecule has 1 fully saturated rings. The lowest BCUT2D eigenvalue weighted by Gasteiger charge is -2.37. The molecule has 0 saturated heterocycles. The Hall–Kier alpha value is -2.88. The fourth-order valence-electron chi connectivity index (χ4n) is 3.49. The third kappa shape index (κ3) is 7.08. The van der Waals surface area contributed by atoms with Gasteiger partial charge < -0.3 is 20.1 Å². The lowest BCUT2D eigenvalue weighted by atomic mass is 9.80. The first-order valence-electron chi connectivity index (χ1n) is 10.2. The zero-order valence-electron chi connectivity index (χ0n) is 17.4. The second-order valence-corrected chi connectivity index (χ2v) is 8.47. The average molecular weight is 475 g/mol. The molecule has 6 nitrogen and oxygen atoms in total. The molecule has 0 aromatic heterocycles. The maximum atomic E-state index is 12.4. The molecule has 0 unspecified atom stereocenters. The molecule has 8 heteroatoms. The number of rotatable bonds is 8. The van der Waals surface area contributed by atoms with Gasteiger partial charge in [0, 0.05) is 16.1 Å². The van der Waals surface area contributed by atoms with Crippen molar-refractivity contribution in [1.82, 2.24) is 10.6 Å². The molecule has 2 amide bonds. The van der Waals surface area contributed by atoms with E-state index < -0.39 is 5.54 Å². The molecular formula is C24H24Cl2N2O4. The Balaban J connectivity index is 1.41. The summed E-state index contributed by atoms with van der Waals surface area (Å²) in [6.07, 6.45) is 8.15. The van der Waals surface area contributed by atoms with E-state index in [1.807, 2.05) is 0 Å². The summed E-state index contributed by atoms with van der Waals surface area (Å²) in [4.78, 5) is 24.6. The Morgan fingerprint density at radius 1 is 0.906 bits per heavy atom. The molecule has 0 bridgehead atoms. The summed E-state index contributed by atoms with van der Waals surface area (Å²) in [6.45, 7) is -0.232. The highest BCUT2D eigenvalue weighted by Gasteiger charge is 2.35. The van der Waals surface area contributed by atoms with Gasteiger partial charge in [0.05, 0.1) is 0 Å². The summed E-state index contributed by atoms with van der Waals surface area (Å²) < 4.78 is 10.9. The van der Waals surface area contributed by atoms with E-state index in [0.717, 1.165) is 0 Å². The van der Waals surface area contributed by atoms with Crippen LogP contribution in [0.15, 0.2) is 48.5 Å². The van der Waals surface area contributed by atoms with E-state index in [4.69, 9.17) is 39.1 Å². The van der Waals surface area contributed by atoms with Crippen molar-refractivity contribution < 1.29 is 19.1 Å². The first-order valence-corrected chi connectivity index (χ1v) is 11.0. The van der Waals surface area contributed by atoms with Crippen LogP contribution in [0.1, 0.15) is 25.7 Å². The molecule has 0 heterocycles. The zero-order chi connectivity index (χ0) is 23.0. The molecule has 32 heavy (non-hydrogen) atoms. The molecule has 2 N–H and O–H groups in total. The molecule has 168 valence electrons. The molecule has 1 aliphatic carbocycles. The van der Waals surface area contributed by atoms with Gasteiger partial charge in [0.25, 0.3) is 11.8 Å². The third-order valence-corrected chi connectivity index (χ3v) is 5.73. The lowest BCUT2D eigenvalue weighted by Crippen LogP contribution is -2.53. The molecule has 2 aromatic carbocycles. The Morgan fingerprint density at radius 2 is 1.38 bits per heavy atom. The highest BCUT2D eigenvalue weighted by molar-refractivity contribution is 6.30. The Labute approximate surface area is 197 Å². The minimum absolute atomic E-state index is 0.0278. The fraction of sp³-hybridized carbons (Fsp3) is 0.333. The largest absolute Gasteiger partial charge is 0.484 e. The Morgan fingerprint density at radius 3 is 1.84 bits per heavy atom. The summed E-state index contributed by atoms with van der Waals surface area (Å²) in [5.41, 5.74) is -0.749. The minimum Gasteiger partial charge on any atom is -0.484 e. The van der Waals surface area contributed by atoms with E-state index in [9.17, 15) is 9.59 Å². The average Bonchev–Trinajstić information content (AvgIpc) is 2.80. The van der Waals surface area contributed by atoms with Crippen molar-refractivity contribution in [2.24, 2.45) is 0 Å². The second kappa shape index (κ2) is 11.1. The molecule has 0 aliphatic heterocycles. The van der Waals surface area contributed by atoms with Crippen LogP contribution in [0.25, 0.3) is 0 Å². The molecule has 0 spiro atoms. The molecular weight excluding hydrogens is 451 g/mol. The molecule has 1 saturated carbocycles. The van der Waals surface area contributed by atoms with E-state index in [1.54, 1.807) is 48.5 Å². The van der Waals surface area contributed by atoms with Crippen LogP contribution in [0.4, 0.5) is 0 Å².